The smallest absolute Gasteiger partial charge is 0.317 e. The number of Topliss-reactive ketones (excluding diaryl/α,β-unsaturated/α-hetero) is 2. The minimum Gasteiger partial charge on any atom is -0.481 e. The standard InChI is InChI=1S/C11H15NO4.C10H16N2O2.C2H5NO2/c1-2-12-7-6-9(13)8(11(12)16)4-3-5-10(14)15;1-4-12-6-5-9(13)8(10(12)14)7-11(2)3;3-1-2(4)5/h4H,2-3,5-7H2,1H3,(H,14,15);7H,4-6H2,1-3H3;1,3H2,(H,4,5). The van der Waals surface area contributed by atoms with Gasteiger partial charge in [0.2, 0.25) is 0 Å². The SMILES string of the molecule is CCN1CCC(=O)C(=CCCC(=O)O)C1=O.CCN1CCC(=O)C(=CN(C)C)C1=O.NCC(=O)O. The summed E-state index contributed by atoms with van der Waals surface area (Å²) in [6.07, 6.45) is 3.99. The van der Waals surface area contributed by atoms with Crippen molar-refractivity contribution < 1.29 is 39.0 Å². The van der Waals surface area contributed by atoms with E-state index in [9.17, 15) is 28.8 Å². The van der Waals surface area contributed by atoms with E-state index in [1.807, 2.05) is 13.8 Å². The molecule has 0 spiro atoms. The number of nitrogens with two attached hydrogens (primary N) is 1. The van der Waals surface area contributed by atoms with Crippen molar-refractivity contribution in [3.05, 3.63) is 23.4 Å². The van der Waals surface area contributed by atoms with E-state index in [1.165, 1.54) is 6.08 Å². The summed E-state index contributed by atoms with van der Waals surface area (Å²) in [5, 5.41) is 16.1. The molecule has 0 atom stereocenters. The molecule has 196 valence electrons. The molecule has 0 bridgehead atoms. The molecule has 2 heterocycles. The van der Waals surface area contributed by atoms with E-state index in [1.54, 1.807) is 35.0 Å². The van der Waals surface area contributed by atoms with Crippen LogP contribution in [0, 0.1) is 0 Å². The maximum atomic E-state index is 11.7. The van der Waals surface area contributed by atoms with Gasteiger partial charge in [-0.05, 0) is 20.3 Å². The predicted octanol–water partition coefficient (Wildman–Crippen LogP) is -0.118. The van der Waals surface area contributed by atoms with Crippen molar-refractivity contribution in [3.8, 4) is 0 Å². The summed E-state index contributed by atoms with van der Waals surface area (Å²) in [6.45, 7) is 5.74. The first-order valence-electron chi connectivity index (χ1n) is 11.3. The monoisotopic (exact) mass is 496 g/mol. The number of carboxylic acid groups (broad SMARTS) is 2. The Morgan fingerprint density at radius 3 is 1.69 bits per heavy atom. The molecule has 12 nitrogen and oxygen atoms in total. The first-order chi connectivity index (χ1) is 16.4. The van der Waals surface area contributed by atoms with E-state index >= 15 is 0 Å². The van der Waals surface area contributed by atoms with Gasteiger partial charge in [-0.2, -0.15) is 0 Å². The minimum atomic E-state index is -0.968. The Bertz CT molecular complexity index is 864. The third kappa shape index (κ3) is 11.4. The topological polar surface area (TPSA) is 179 Å². The zero-order valence-electron chi connectivity index (χ0n) is 20.8. The van der Waals surface area contributed by atoms with Crippen molar-refractivity contribution in [2.24, 2.45) is 5.73 Å². The van der Waals surface area contributed by atoms with Crippen LogP contribution in [-0.4, -0.2) is 107 Å². The highest BCUT2D eigenvalue weighted by Crippen LogP contribution is 2.15. The number of ketones is 2. The molecule has 0 aromatic carbocycles. The van der Waals surface area contributed by atoms with Crippen molar-refractivity contribution in [3.63, 3.8) is 0 Å². The number of allylic oxidation sites excluding steroid dienone is 1. The van der Waals surface area contributed by atoms with E-state index in [2.05, 4.69) is 5.73 Å². The fourth-order valence-electron chi connectivity index (χ4n) is 3.05. The Hall–Kier alpha value is -3.54. The maximum Gasteiger partial charge on any atom is 0.317 e. The van der Waals surface area contributed by atoms with Gasteiger partial charge in [0.15, 0.2) is 11.6 Å². The summed E-state index contributed by atoms with van der Waals surface area (Å²) >= 11 is 0. The van der Waals surface area contributed by atoms with Gasteiger partial charge in [-0.3, -0.25) is 28.8 Å². The Balaban J connectivity index is 0.000000558. The highest BCUT2D eigenvalue weighted by Gasteiger charge is 2.29. The van der Waals surface area contributed by atoms with Crippen LogP contribution >= 0.6 is 0 Å². The van der Waals surface area contributed by atoms with Crippen LogP contribution in [0.4, 0.5) is 0 Å². The zero-order valence-corrected chi connectivity index (χ0v) is 20.8. The number of aliphatic carboxylic acids is 2. The van der Waals surface area contributed by atoms with E-state index < -0.39 is 11.9 Å². The molecule has 2 rings (SSSR count). The lowest BCUT2D eigenvalue weighted by Gasteiger charge is -2.26. The first kappa shape index (κ1) is 31.5. The Morgan fingerprint density at radius 2 is 1.31 bits per heavy atom. The predicted molar refractivity (Wildman–Crippen MR) is 127 cm³/mol. The van der Waals surface area contributed by atoms with Gasteiger partial charge in [-0.25, -0.2) is 0 Å². The second kappa shape index (κ2) is 16.1. The number of likely N-dealkylation sites (N-methyl/N-ethyl adjacent to an activating group) is 2. The Labute approximate surface area is 205 Å². The number of hydrogen-bond donors (Lipinski definition) is 3. The van der Waals surface area contributed by atoms with Crippen molar-refractivity contribution in [1.29, 1.82) is 0 Å². The largest absolute Gasteiger partial charge is 0.481 e. The van der Waals surface area contributed by atoms with Gasteiger partial charge < -0.3 is 30.6 Å². The minimum absolute atomic E-state index is 0.0478. The molecule has 2 saturated heterocycles. The fourth-order valence-corrected chi connectivity index (χ4v) is 3.05. The number of nitrogens with zero attached hydrogens (tertiary/aromatic N) is 3. The van der Waals surface area contributed by atoms with Gasteiger partial charge in [0.05, 0.1) is 17.7 Å². The highest BCUT2D eigenvalue weighted by atomic mass is 16.4. The lowest BCUT2D eigenvalue weighted by atomic mass is 10.0. The van der Waals surface area contributed by atoms with Crippen molar-refractivity contribution in [2.45, 2.75) is 39.5 Å². The highest BCUT2D eigenvalue weighted by molar-refractivity contribution is 6.21. The quantitative estimate of drug-likeness (QED) is 0.318. The van der Waals surface area contributed by atoms with Crippen LogP contribution in [0.2, 0.25) is 0 Å². The van der Waals surface area contributed by atoms with Gasteiger partial charge in [0.1, 0.15) is 0 Å². The van der Waals surface area contributed by atoms with Gasteiger partial charge >= 0.3 is 11.9 Å². The zero-order chi connectivity index (χ0) is 27.1. The number of carboxylic acids is 2. The van der Waals surface area contributed by atoms with Crippen LogP contribution in [0.5, 0.6) is 0 Å². The Kier molecular flexibility index (Phi) is 14.5. The van der Waals surface area contributed by atoms with Crippen molar-refractivity contribution in [2.75, 3.05) is 46.8 Å². The molecule has 2 aliphatic heterocycles. The molecule has 4 N–H and O–H groups in total. The lowest BCUT2D eigenvalue weighted by Crippen LogP contribution is -2.41. The number of carbonyl (C=O) groups is 6. The van der Waals surface area contributed by atoms with Gasteiger partial charge in [-0.15, -0.1) is 0 Å². The fraction of sp³-hybridized carbons (Fsp3) is 0.565. The summed E-state index contributed by atoms with van der Waals surface area (Å²) in [5.41, 5.74) is 5.03. The molecule has 12 heteroatoms. The van der Waals surface area contributed by atoms with Crippen molar-refractivity contribution >= 4 is 35.3 Å². The van der Waals surface area contributed by atoms with Crippen LogP contribution in [0.1, 0.15) is 39.5 Å². The second-order valence-corrected chi connectivity index (χ2v) is 7.77. The first-order valence-corrected chi connectivity index (χ1v) is 11.3. The molecular weight excluding hydrogens is 460 g/mol. The number of rotatable bonds is 7. The lowest BCUT2D eigenvalue weighted by molar-refractivity contribution is -0.137. The summed E-state index contributed by atoms with van der Waals surface area (Å²) in [7, 11) is 3.61. The average molecular weight is 497 g/mol. The summed E-state index contributed by atoms with van der Waals surface area (Å²) in [6, 6.07) is 0. The molecule has 35 heavy (non-hydrogen) atoms. The third-order valence-electron chi connectivity index (χ3n) is 4.89. The van der Waals surface area contributed by atoms with Crippen LogP contribution < -0.4 is 5.73 Å². The molecule has 2 fully saturated rings. The summed E-state index contributed by atoms with van der Waals surface area (Å²) < 4.78 is 0. The van der Waals surface area contributed by atoms with Crippen LogP contribution in [-0.2, 0) is 28.8 Å². The normalized spacial score (nSPS) is 18.1. The number of amides is 2. The molecular formula is C23H36N4O8. The third-order valence-corrected chi connectivity index (χ3v) is 4.89. The molecule has 0 unspecified atom stereocenters. The molecule has 0 saturated carbocycles. The van der Waals surface area contributed by atoms with Crippen LogP contribution in [0.25, 0.3) is 0 Å². The van der Waals surface area contributed by atoms with Crippen LogP contribution in [0.3, 0.4) is 0 Å². The molecule has 0 aromatic rings. The second-order valence-electron chi connectivity index (χ2n) is 7.77. The Morgan fingerprint density at radius 1 is 0.886 bits per heavy atom. The number of carbonyl (C=O) groups excluding carboxylic acids is 4. The molecule has 0 aromatic heterocycles. The van der Waals surface area contributed by atoms with E-state index in [0.29, 0.717) is 44.6 Å². The maximum absolute atomic E-state index is 11.7. The molecule has 0 aliphatic carbocycles. The van der Waals surface area contributed by atoms with Gasteiger partial charge in [-0.1, -0.05) is 6.08 Å². The number of piperidine rings is 2. The van der Waals surface area contributed by atoms with Crippen molar-refractivity contribution in [1.82, 2.24) is 14.7 Å². The molecule has 2 amide bonds. The summed E-state index contributed by atoms with van der Waals surface area (Å²) in [5.74, 6) is -2.54. The van der Waals surface area contributed by atoms with E-state index in [4.69, 9.17) is 10.2 Å². The number of likely N-dealkylation sites (tertiary alicyclic amines) is 2. The summed E-state index contributed by atoms with van der Waals surface area (Å²) in [4.78, 5) is 70.9. The van der Waals surface area contributed by atoms with Gasteiger partial charge in [0, 0.05) is 65.7 Å². The van der Waals surface area contributed by atoms with Crippen LogP contribution in [0.15, 0.2) is 23.4 Å². The average Bonchev–Trinajstić information content (AvgIpc) is 2.79. The van der Waals surface area contributed by atoms with Gasteiger partial charge in [0.25, 0.3) is 11.8 Å². The molecule has 0 radical (unpaired) electrons. The van der Waals surface area contributed by atoms with E-state index in [-0.39, 0.29) is 48.3 Å². The van der Waals surface area contributed by atoms with E-state index in [0.717, 1.165) is 0 Å². The molecule has 2 aliphatic rings. The number of hydrogen-bond acceptors (Lipinski definition) is 8.